The number of benzene rings is 2. The first-order valence-electron chi connectivity index (χ1n) is 9.62. The Bertz CT molecular complexity index is 1130. The van der Waals surface area contributed by atoms with Crippen molar-refractivity contribution in [3.63, 3.8) is 0 Å². The average Bonchev–Trinajstić information content (AvgIpc) is 3.36. The molecule has 4 aromatic rings. The van der Waals surface area contributed by atoms with E-state index in [1.165, 1.54) is 11.3 Å². The molecular weight excluding hydrogens is 414 g/mol. The first-order chi connectivity index (χ1) is 14.6. The monoisotopic (exact) mass is 435 g/mol. The van der Waals surface area contributed by atoms with Crippen LogP contribution in [0.15, 0.2) is 60.0 Å². The molecule has 0 saturated heterocycles. The van der Waals surface area contributed by atoms with Gasteiger partial charge in [0.25, 0.3) is 0 Å². The number of ether oxygens (including phenoxy) is 1. The Balaban J connectivity index is 1.42. The lowest BCUT2D eigenvalue weighted by Crippen LogP contribution is -2.14. The summed E-state index contributed by atoms with van der Waals surface area (Å²) in [6.45, 7) is 4.60. The number of nitrogens with one attached hydrogen (secondary N) is 1. The van der Waals surface area contributed by atoms with Crippen LogP contribution in [0.3, 0.4) is 0 Å². The maximum atomic E-state index is 12.5. The molecule has 0 fully saturated rings. The summed E-state index contributed by atoms with van der Waals surface area (Å²) in [6.07, 6.45) is 0.223. The van der Waals surface area contributed by atoms with Gasteiger partial charge in [-0.3, -0.25) is 4.79 Å². The van der Waals surface area contributed by atoms with Crippen LogP contribution in [0.4, 0.5) is 5.13 Å². The third-order valence-electron chi connectivity index (χ3n) is 4.40. The van der Waals surface area contributed by atoms with Gasteiger partial charge in [-0.1, -0.05) is 30.3 Å². The average molecular weight is 436 g/mol. The van der Waals surface area contributed by atoms with Crippen LogP contribution < -0.4 is 10.1 Å². The highest BCUT2D eigenvalue weighted by Gasteiger charge is 2.14. The van der Waals surface area contributed by atoms with Crippen molar-refractivity contribution in [3.8, 4) is 27.6 Å². The molecule has 0 aliphatic carbocycles. The smallest absolute Gasteiger partial charge is 0.232 e. The molecule has 0 spiro atoms. The number of amides is 1. The molecule has 30 heavy (non-hydrogen) atoms. The molecule has 152 valence electrons. The topological polar surface area (TPSA) is 64.1 Å². The Hall–Kier alpha value is -3.03. The zero-order valence-corrected chi connectivity index (χ0v) is 18.3. The van der Waals surface area contributed by atoms with Crippen LogP contribution in [0.5, 0.6) is 5.75 Å². The molecule has 0 aliphatic rings. The number of hydrogen-bond donors (Lipinski definition) is 1. The van der Waals surface area contributed by atoms with Gasteiger partial charge in [-0.25, -0.2) is 9.97 Å². The van der Waals surface area contributed by atoms with E-state index in [0.717, 1.165) is 38.1 Å². The highest BCUT2D eigenvalue weighted by Crippen LogP contribution is 2.31. The summed E-state index contributed by atoms with van der Waals surface area (Å²) < 4.78 is 5.49. The Kier molecular flexibility index (Phi) is 6.21. The quantitative estimate of drug-likeness (QED) is 0.397. The summed E-state index contributed by atoms with van der Waals surface area (Å²) in [6, 6.07) is 17.8. The van der Waals surface area contributed by atoms with Crippen molar-refractivity contribution in [2.24, 2.45) is 0 Å². The number of hydrogen-bond acceptors (Lipinski definition) is 6. The van der Waals surface area contributed by atoms with Crippen molar-refractivity contribution in [2.75, 3.05) is 11.9 Å². The van der Waals surface area contributed by atoms with Crippen LogP contribution in [0, 0.1) is 6.92 Å². The highest BCUT2D eigenvalue weighted by atomic mass is 32.1. The van der Waals surface area contributed by atoms with Crippen LogP contribution in [-0.4, -0.2) is 22.5 Å². The molecule has 0 saturated carbocycles. The van der Waals surface area contributed by atoms with Gasteiger partial charge in [0.1, 0.15) is 10.8 Å². The fraction of sp³-hybridized carbons (Fsp3) is 0.174. The number of nitrogens with zero attached hydrogens (tertiary/aromatic N) is 2. The first-order valence-corrected chi connectivity index (χ1v) is 11.3. The van der Waals surface area contributed by atoms with Crippen molar-refractivity contribution in [3.05, 3.63) is 70.5 Å². The Labute approximate surface area is 183 Å². The molecule has 0 radical (unpaired) electrons. The molecule has 0 atom stereocenters. The van der Waals surface area contributed by atoms with Crippen LogP contribution in [0.2, 0.25) is 0 Å². The molecule has 2 heterocycles. The number of carbonyl (C=O) groups is 1. The van der Waals surface area contributed by atoms with Crippen molar-refractivity contribution in [2.45, 2.75) is 20.3 Å². The van der Waals surface area contributed by atoms with E-state index in [2.05, 4.69) is 15.3 Å². The van der Waals surface area contributed by atoms with Gasteiger partial charge in [-0.15, -0.1) is 22.7 Å². The van der Waals surface area contributed by atoms with E-state index in [0.29, 0.717) is 11.7 Å². The van der Waals surface area contributed by atoms with Crippen molar-refractivity contribution in [1.29, 1.82) is 0 Å². The zero-order chi connectivity index (χ0) is 20.9. The fourth-order valence-electron chi connectivity index (χ4n) is 3.02. The van der Waals surface area contributed by atoms with Gasteiger partial charge in [0.15, 0.2) is 5.13 Å². The molecule has 1 N–H and O–H groups in total. The van der Waals surface area contributed by atoms with E-state index in [1.54, 1.807) is 11.3 Å². The summed E-state index contributed by atoms with van der Waals surface area (Å²) in [7, 11) is 0. The molecule has 0 bridgehead atoms. The normalized spacial score (nSPS) is 10.7. The molecule has 2 aromatic carbocycles. The minimum absolute atomic E-state index is 0.119. The molecule has 5 nitrogen and oxygen atoms in total. The third kappa shape index (κ3) is 4.75. The van der Waals surface area contributed by atoms with Gasteiger partial charge in [0.05, 0.1) is 24.4 Å². The molecule has 2 aromatic heterocycles. The van der Waals surface area contributed by atoms with Crippen LogP contribution >= 0.6 is 22.7 Å². The Morgan fingerprint density at radius 3 is 2.53 bits per heavy atom. The first kappa shape index (κ1) is 20.3. The molecule has 1 amide bonds. The van der Waals surface area contributed by atoms with Gasteiger partial charge >= 0.3 is 0 Å². The fourth-order valence-corrected chi connectivity index (χ4v) is 4.70. The second-order valence-electron chi connectivity index (χ2n) is 6.62. The third-order valence-corrected chi connectivity index (χ3v) is 6.22. The van der Waals surface area contributed by atoms with E-state index in [9.17, 15) is 4.79 Å². The zero-order valence-electron chi connectivity index (χ0n) is 16.7. The van der Waals surface area contributed by atoms with Crippen LogP contribution in [0.1, 0.15) is 17.5 Å². The number of carbonyl (C=O) groups excluding carboxylic acids is 1. The second-order valence-corrected chi connectivity index (χ2v) is 8.68. The summed E-state index contributed by atoms with van der Waals surface area (Å²) in [5.74, 6) is 0.715. The lowest BCUT2D eigenvalue weighted by Gasteiger charge is -2.04. The molecule has 7 heteroatoms. The van der Waals surface area contributed by atoms with Crippen LogP contribution in [0.25, 0.3) is 21.8 Å². The van der Waals surface area contributed by atoms with Gasteiger partial charge in [0.2, 0.25) is 5.91 Å². The SMILES string of the molecule is CCOc1ccc(-c2nc(NC(=O)Cc3csc(-c4ccccc4)n3)sc2C)cc1. The number of aryl methyl sites for hydroxylation is 1. The molecule has 4 rings (SSSR count). The van der Waals surface area contributed by atoms with Crippen LogP contribution in [-0.2, 0) is 11.2 Å². The predicted octanol–water partition coefficient (Wildman–Crippen LogP) is 5.82. The van der Waals surface area contributed by atoms with Crippen molar-refractivity contribution in [1.82, 2.24) is 9.97 Å². The van der Waals surface area contributed by atoms with E-state index >= 15 is 0 Å². The molecule has 0 unspecified atom stereocenters. The van der Waals surface area contributed by atoms with Gasteiger partial charge < -0.3 is 10.1 Å². The molecular formula is C23H21N3O2S2. The minimum atomic E-state index is -0.119. The standard InChI is InChI=1S/C23H21N3O2S2/c1-3-28-19-11-9-16(10-12-19)21-15(2)30-23(26-21)25-20(27)13-18-14-29-22(24-18)17-7-5-4-6-8-17/h4-12,14H,3,13H2,1-2H3,(H,25,26,27). The molecule has 0 aliphatic heterocycles. The minimum Gasteiger partial charge on any atom is -0.494 e. The lowest BCUT2D eigenvalue weighted by molar-refractivity contribution is -0.115. The maximum Gasteiger partial charge on any atom is 0.232 e. The van der Waals surface area contributed by atoms with E-state index in [-0.39, 0.29) is 12.3 Å². The Morgan fingerprint density at radius 1 is 1.03 bits per heavy atom. The van der Waals surface area contributed by atoms with Gasteiger partial charge in [-0.2, -0.15) is 0 Å². The van der Waals surface area contributed by atoms with Gasteiger partial charge in [0, 0.05) is 21.4 Å². The van der Waals surface area contributed by atoms with Gasteiger partial charge in [-0.05, 0) is 38.1 Å². The number of aromatic nitrogens is 2. The highest BCUT2D eigenvalue weighted by molar-refractivity contribution is 7.16. The van der Waals surface area contributed by atoms with E-state index in [4.69, 9.17) is 4.74 Å². The second kappa shape index (κ2) is 9.19. The summed E-state index contributed by atoms with van der Waals surface area (Å²) in [5, 5.41) is 6.36. The van der Waals surface area contributed by atoms with E-state index < -0.39 is 0 Å². The van der Waals surface area contributed by atoms with Crippen molar-refractivity contribution >= 4 is 33.7 Å². The van der Waals surface area contributed by atoms with Crippen molar-refractivity contribution < 1.29 is 9.53 Å². The summed E-state index contributed by atoms with van der Waals surface area (Å²) in [4.78, 5) is 22.8. The van der Waals surface area contributed by atoms with E-state index in [1.807, 2.05) is 73.8 Å². The number of rotatable bonds is 7. The summed E-state index contributed by atoms with van der Waals surface area (Å²) in [5.41, 5.74) is 3.69. The maximum absolute atomic E-state index is 12.5. The largest absolute Gasteiger partial charge is 0.494 e. The Morgan fingerprint density at radius 2 is 1.80 bits per heavy atom. The lowest BCUT2D eigenvalue weighted by atomic mass is 10.1. The predicted molar refractivity (Wildman–Crippen MR) is 123 cm³/mol. The summed E-state index contributed by atoms with van der Waals surface area (Å²) >= 11 is 3.02. The number of anilines is 1. The number of thiazole rings is 2.